The van der Waals surface area contributed by atoms with Crippen molar-refractivity contribution in [3.8, 4) is 0 Å². The summed E-state index contributed by atoms with van der Waals surface area (Å²) in [5.74, 6) is -1.00. The third-order valence-electron chi connectivity index (χ3n) is 4.64. The van der Waals surface area contributed by atoms with Crippen LogP contribution in [0.4, 0.5) is 10.7 Å². The van der Waals surface area contributed by atoms with Gasteiger partial charge >= 0.3 is 12.0 Å². The van der Waals surface area contributed by atoms with Crippen molar-refractivity contribution in [1.29, 1.82) is 0 Å². The van der Waals surface area contributed by atoms with E-state index in [9.17, 15) is 24.5 Å². The van der Waals surface area contributed by atoms with Gasteiger partial charge in [0.05, 0.1) is 6.54 Å². The van der Waals surface area contributed by atoms with E-state index in [0.717, 1.165) is 0 Å². The number of imidazole rings is 1. The minimum Gasteiger partial charge on any atom is -0.444 e. The highest BCUT2D eigenvalue weighted by Gasteiger charge is 2.33. The first kappa shape index (κ1) is 27.9. The lowest BCUT2D eigenvalue weighted by Crippen LogP contribution is -2.54. The van der Waals surface area contributed by atoms with Crippen molar-refractivity contribution < 1.29 is 24.0 Å². The Morgan fingerprint density at radius 2 is 1.82 bits per heavy atom. The minimum atomic E-state index is -0.759. The third-order valence-corrected chi connectivity index (χ3v) is 4.64. The molecule has 0 radical (unpaired) electrons. The number of aryl methyl sites for hydroxylation is 1. The topological polar surface area (TPSA) is 157 Å². The SMILES string of the molecule is CNC(=O)[C@@H](NC(=O)C[C@H](CCCn1ccnc1[N+](=O)[O-])NC(=O)OC(C)(C)C)C(C)(C)C. The fourth-order valence-electron chi connectivity index (χ4n) is 3.12. The van der Waals surface area contributed by atoms with Crippen LogP contribution in [0, 0.1) is 15.5 Å². The maximum absolute atomic E-state index is 12.7. The predicted octanol–water partition coefficient (Wildman–Crippen LogP) is 2.13. The second kappa shape index (κ2) is 11.6. The molecule has 1 aromatic heterocycles. The van der Waals surface area contributed by atoms with E-state index >= 15 is 0 Å². The average molecular weight is 469 g/mol. The van der Waals surface area contributed by atoms with Gasteiger partial charge in [-0.25, -0.2) is 9.36 Å². The molecule has 0 aliphatic rings. The van der Waals surface area contributed by atoms with Gasteiger partial charge in [-0.05, 0) is 44.0 Å². The molecule has 1 heterocycles. The van der Waals surface area contributed by atoms with Crippen LogP contribution >= 0.6 is 0 Å². The number of amides is 3. The van der Waals surface area contributed by atoms with E-state index in [1.165, 1.54) is 24.0 Å². The van der Waals surface area contributed by atoms with Crippen molar-refractivity contribution >= 4 is 23.9 Å². The Labute approximate surface area is 194 Å². The third kappa shape index (κ3) is 9.87. The maximum atomic E-state index is 12.7. The Hall–Kier alpha value is -3.18. The van der Waals surface area contributed by atoms with Crippen LogP contribution in [-0.2, 0) is 20.9 Å². The van der Waals surface area contributed by atoms with Crippen LogP contribution in [0.25, 0.3) is 0 Å². The van der Waals surface area contributed by atoms with Crippen molar-refractivity contribution in [3.05, 3.63) is 22.5 Å². The average Bonchev–Trinajstić information content (AvgIpc) is 3.11. The van der Waals surface area contributed by atoms with Crippen molar-refractivity contribution in [2.45, 2.75) is 85.0 Å². The Morgan fingerprint density at radius 1 is 1.18 bits per heavy atom. The zero-order chi connectivity index (χ0) is 25.4. The zero-order valence-electron chi connectivity index (χ0n) is 20.4. The van der Waals surface area contributed by atoms with Crippen molar-refractivity contribution in [1.82, 2.24) is 25.5 Å². The van der Waals surface area contributed by atoms with E-state index in [0.29, 0.717) is 12.8 Å². The second-order valence-corrected chi connectivity index (χ2v) is 9.85. The van der Waals surface area contributed by atoms with Crippen LogP contribution in [-0.4, -0.2) is 57.1 Å². The molecule has 0 fully saturated rings. The molecule has 0 unspecified atom stereocenters. The van der Waals surface area contributed by atoms with Gasteiger partial charge in [0.1, 0.15) is 24.0 Å². The normalized spacial score (nSPS) is 13.5. The molecule has 3 N–H and O–H groups in total. The number of rotatable bonds is 10. The molecule has 2 atom stereocenters. The summed E-state index contributed by atoms with van der Waals surface area (Å²) < 4.78 is 6.69. The minimum absolute atomic E-state index is 0.0885. The van der Waals surface area contributed by atoms with Gasteiger partial charge in [-0.1, -0.05) is 25.8 Å². The summed E-state index contributed by atoms with van der Waals surface area (Å²) in [4.78, 5) is 51.4. The molecule has 0 bridgehead atoms. The molecule has 3 amide bonds. The molecule has 186 valence electrons. The fourth-order valence-corrected chi connectivity index (χ4v) is 3.12. The smallest absolute Gasteiger partial charge is 0.434 e. The summed E-state index contributed by atoms with van der Waals surface area (Å²) in [5, 5.41) is 19.0. The molecule has 0 aliphatic heterocycles. The first-order valence-corrected chi connectivity index (χ1v) is 10.8. The van der Waals surface area contributed by atoms with E-state index in [2.05, 4.69) is 20.9 Å². The Balaban J connectivity index is 2.87. The highest BCUT2D eigenvalue weighted by Crippen LogP contribution is 2.20. The summed E-state index contributed by atoms with van der Waals surface area (Å²) in [7, 11) is 1.50. The van der Waals surface area contributed by atoms with Crippen molar-refractivity contribution in [2.24, 2.45) is 5.41 Å². The Morgan fingerprint density at radius 3 is 2.33 bits per heavy atom. The summed E-state index contributed by atoms with van der Waals surface area (Å²) in [6.45, 7) is 11.0. The molecule has 1 aromatic rings. The van der Waals surface area contributed by atoms with Gasteiger partial charge in [0, 0.05) is 19.5 Å². The quantitative estimate of drug-likeness (QED) is 0.350. The van der Waals surface area contributed by atoms with Gasteiger partial charge < -0.3 is 30.8 Å². The van der Waals surface area contributed by atoms with E-state index in [-0.39, 0.29) is 24.8 Å². The number of alkyl carbamates (subject to hydrolysis) is 1. The lowest BCUT2D eigenvalue weighted by molar-refractivity contribution is -0.396. The molecule has 0 aromatic carbocycles. The Kier molecular flexibility index (Phi) is 9.80. The first-order valence-electron chi connectivity index (χ1n) is 10.8. The summed E-state index contributed by atoms with van der Waals surface area (Å²) >= 11 is 0. The van der Waals surface area contributed by atoms with E-state index < -0.39 is 40.0 Å². The van der Waals surface area contributed by atoms with Gasteiger partial charge in [0.2, 0.25) is 11.8 Å². The molecule has 1 rings (SSSR count). The number of aromatic nitrogens is 2. The highest BCUT2D eigenvalue weighted by molar-refractivity contribution is 5.88. The van der Waals surface area contributed by atoms with Crippen LogP contribution in [0.1, 0.15) is 60.8 Å². The summed E-state index contributed by atoms with van der Waals surface area (Å²) in [5.41, 5.74) is -1.24. The molecular weight excluding hydrogens is 432 g/mol. The molecular formula is C21H36N6O6. The number of carbonyl (C=O) groups excluding carboxylic acids is 3. The summed E-state index contributed by atoms with van der Waals surface area (Å²) in [6.07, 6.45) is 2.86. The molecule has 0 saturated carbocycles. The van der Waals surface area contributed by atoms with Crippen LogP contribution in [0.2, 0.25) is 0 Å². The predicted molar refractivity (Wildman–Crippen MR) is 121 cm³/mol. The lowest BCUT2D eigenvalue weighted by atomic mass is 9.86. The van der Waals surface area contributed by atoms with E-state index in [1.807, 2.05) is 20.8 Å². The number of nitrogens with one attached hydrogen (secondary N) is 3. The lowest BCUT2D eigenvalue weighted by Gasteiger charge is -2.30. The number of ether oxygens (including phenoxy) is 1. The molecule has 0 saturated heterocycles. The molecule has 33 heavy (non-hydrogen) atoms. The molecule has 0 aliphatic carbocycles. The number of carbonyl (C=O) groups is 3. The van der Waals surface area contributed by atoms with Gasteiger partial charge in [-0.3, -0.25) is 9.59 Å². The largest absolute Gasteiger partial charge is 0.444 e. The molecule has 12 heteroatoms. The molecule has 0 spiro atoms. The van der Waals surface area contributed by atoms with Crippen LogP contribution in [0.3, 0.4) is 0 Å². The van der Waals surface area contributed by atoms with Crippen molar-refractivity contribution in [2.75, 3.05) is 7.05 Å². The van der Waals surface area contributed by atoms with Crippen LogP contribution in [0.15, 0.2) is 12.4 Å². The number of likely N-dealkylation sites (N-methyl/N-ethyl adjacent to an activating group) is 1. The summed E-state index contributed by atoms with van der Waals surface area (Å²) in [6, 6.07) is -1.36. The molecule has 12 nitrogen and oxygen atoms in total. The standard InChI is InChI=1S/C21H36N6O6/c1-20(2,3)16(17(29)22-7)25-15(28)13-14(24-19(30)33-21(4,5)6)9-8-11-26-12-10-23-18(26)27(31)32/h10,12,14,16H,8-9,11,13H2,1-7H3,(H,22,29)(H,24,30)(H,25,28)/t14-,16+/m0/s1. The monoisotopic (exact) mass is 468 g/mol. The first-order chi connectivity index (χ1) is 15.1. The van der Waals surface area contributed by atoms with Crippen LogP contribution < -0.4 is 16.0 Å². The Bertz CT molecular complexity index is 839. The highest BCUT2D eigenvalue weighted by atomic mass is 16.6. The van der Waals surface area contributed by atoms with Gasteiger partial charge in [-0.15, -0.1) is 0 Å². The number of nitro groups is 1. The van der Waals surface area contributed by atoms with Gasteiger partial charge in [0.25, 0.3) is 0 Å². The fraction of sp³-hybridized carbons (Fsp3) is 0.714. The second-order valence-electron chi connectivity index (χ2n) is 9.85. The van der Waals surface area contributed by atoms with Crippen LogP contribution in [0.5, 0.6) is 0 Å². The van der Waals surface area contributed by atoms with Gasteiger partial charge in [-0.2, -0.15) is 0 Å². The maximum Gasteiger partial charge on any atom is 0.434 e. The number of hydrogen-bond acceptors (Lipinski definition) is 7. The van der Waals surface area contributed by atoms with Gasteiger partial charge in [0.15, 0.2) is 0 Å². The van der Waals surface area contributed by atoms with Crippen molar-refractivity contribution in [3.63, 3.8) is 0 Å². The number of hydrogen-bond donors (Lipinski definition) is 3. The van der Waals surface area contributed by atoms with E-state index in [4.69, 9.17) is 4.74 Å². The number of nitrogens with zero attached hydrogens (tertiary/aromatic N) is 3. The zero-order valence-corrected chi connectivity index (χ0v) is 20.4. The van der Waals surface area contributed by atoms with E-state index in [1.54, 1.807) is 20.8 Å².